The highest BCUT2D eigenvalue weighted by Crippen LogP contribution is 2.30. The van der Waals surface area contributed by atoms with Crippen LogP contribution in [0.25, 0.3) is 10.9 Å². The van der Waals surface area contributed by atoms with Crippen LogP contribution in [0.5, 0.6) is 5.75 Å². The standard InChI is InChI=1S/C14H17NO2/c1-17-13-2-3-14-11(8-13)7-12-6-10(9-16)4-5-15(12)14/h2-3,7-8,10,16H,4-6,9H2,1H3. The van der Waals surface area contributed by atoms with Crippen molar-refractivity contribution >= 4 is 10.9 Å². The third-order valence-corrected chi connectivity index (χ3v) is 3.71. The average molecular weight is 231 g/mol. The van der Waals surface area contributed by atoms with Crippen LogP contribution < -0.4 is 4.74 Å². The number of hydrogen-bond donors (Lipinski definition) is 1. The summed E-state index contributed by atoms with van der Waals surface area (Å²) < 4.78 is 7.61. The Balaban J connectivity index is 2.08. The van der Waals surface area contributed by atoms with Gasteiger partial charge >= 0.3 is 0 Å². The monoisotopic (exact) mass is 231 g/mol. The number of aryl methyl sites for hydroxylation is 1. The molecule has 1 unspecified atom stereocenters. The largest absolute Gasteiger partial charge is 0.497 e. The summed E-state index contributed by atoms with van der Waals surface area (Å²) in [5.74, 6) is 1.33. The van der Waals surface area contributed by atoms with Gasteiger partial charge in [-0.05, 0) is 43.0 Å². The van der Waals surface area contributed by atoms with Crippen molar-refractivity contribution in [3.8, 4) is 5.75 Å². The Kier molecular flexibility index (Phi) is 2.56. The van der Waals surface area contributed by atoms with Gasteiger partial charge in [-0.15, -0.1) is 0 Å². The van der Waals surface area contributed by atoms with Crippen molar-refractivity contribution in [3.05, 3.63) is 30.0 Å². The SMILES string of the molecule is COc1ccc2c(c1)cc1n2CCC(CO)C1. The van der Waals surface area contributed by atoms with Crippen molar-refractivity contribution in [2.45, 2.75) is 19.4 Å². The average Bonchev–Trinajstić information content (AvgIpc) is 2.74. The maximum Gasteiger partial charge on any atom is 0.119 e. The Morgan fingerprint density at radius 3 is 3.06 bits per heavy atom. The van der Waals surface area contributed by atoms with E-state index in [0.717, 1.165) is 25.1 Å². The van der Waals surface area contributed by atoms with Crippen molar-refractivity contribution in [2.75, 3.05) is 13.7 Å². The molecule has 0 amide bonds. The van der Waals surface area contributed by atoms with Crippen LogP contribution in [0.15, 0.2) is 24.3 Å². The topological polar surface area (TPSA) is 34.4 Å². The number of aliphatic hydroxyl groups excluding tert-OH is 1. The van der Waals surface area contributed by atoms with E-state index in [9.17, 15) is 5.11 Å². The molecule has 1 atom stereocenters. The number of methoxy groups -OCH3 is 1. The summed E-state index contributed by atoms with van der Waals surface area (Å²) in [7, 11) is 1.69. The first-order valence-electron chi connectivity index (χ1n) is 6.09. The summed E-state index contributed by atoms with van der Waals surface area (Å²) in [4.78, 5) is 0. The van der Waals surface area contributed by atoms with Gasteiger partial charge in [-0.3, -0.25) is 0 Å². The quantitative estimate of drug-likeness (QED) is 0.859. The van der Waals surface area contributed by atoms with E-state index in [-0.39, 0.29) is 0 Å². The van der Waals surface area contributed by atoms with Crippen LogP contribution in [0.4, 0.5) is 0 Å². The van der Waals surface area contributed by atoms with Crippen LogP contribution in [0.2, 0.25) is 0 Å². The summed E-state index contributed by atoms with van der Waals surface area (Å²) in [6.07, 6.45) is 2.05. The normalized spacial score (nSPS) is 19.3. The van der Waals surface area contributed by atoms with Gasteiger partial charge in [0.15, 0.2) is 0 Å². The molecule has 0 fully saturated rings. The van der Waals surface area contributed by atoms with Gasteiger partial charge in [0.05, 0.1) is 7.11 Å². The van der Waals surface area contributed by atoms with Gasteiger partial charge in [0.2, 0.25) is 0 Å². The Morgan fingerprint density at radius 2 is 2.29 bits per heavy atom. The molecule has 3 heteroatoms. The molecule has 1 aliphatic heterocycles. The van der Waals surface area contributed by atoms with E-state index in [1.54, 1.807) is 7.11 Å². The highest BCUT2D eigenvalue weighted by Gasteiger charge is 2.19. The zero-order valence-electron chi connectivity index (χ0n) is 10.0. The lowest BCUT2D eigenvalue weighted by molar-refractivity contribution is 0.202. The molecule has 17 heavy (non-hydrogen) atoms. The smallest absolute Gasteiger partial charge is 0.119 e. The minimum absolute atomic E-state index is 0.296. The van der Waals surface area contributed by atoms with Gasteiger partial charge in [-0.2, -0.15) is 0 Å². The molecule has 0 bridgehead atoms. The van der Waals surface area contributed by atoms with Crippen molar-refractivity contribution in [3.63, 3.8) is 0 Å². The molecule has 1 aromatic carbocycles. The number of nitrogens with zero attached hydrogens (tertiary/aromatic N) is 1. The van der Waals surface area contributed by atoms with Gasteiger partial charge < -0.3 is 14.4 Å². The maximum atomic E-state index is 9.24. The molecule has 1 aliphatic rings. The van der Waals surface area contributed by atoms with Crippen LogP contribution in [0.3, 0.4) is 0 Å². The lowest BCUT2D eigenvalue weighted by Gasteiger charge is -2.23. The highest BCUT2D eigenvalue weighted by molar-refractivity contribution is 5.83. The van der Waals surface area contributed by atoms with E-state index in [0.29, 0.717) is 12.5 Å². The van der Waals surface area contributed by atoms with Crippen LogP contribution >= 0.6 is 0 Å². The van der Waals surface area contributed by atoms with Crippen LogP contribution in [0, 0.1) is 5.92 Å². The van der Waals surface area contributed by atoms with Gasteiger partial charge in [0, 0.05) is 29.7 Å². The van der Waals surface area contributed by atoms with Crippen molar-refractivity contribution in [1.82, 2.24) is 4.57 Å². The lowest BCUT2D eigenvalue weighted by atomic mass is 9.97. The molecule has 0 saturated carbocycles. The first kappa shape index (κ1) is 10.7. The van der Waals surface area contributed by atoms with Crippen molar-refractivity contribution in [1.29, 1.82) is 0 Å². The molecule has 0 radical (unpaired) electrons. The second-order valence-electron chi connectivity index (χ2n) is 4.75. The van der Waals surface area contributed by atoms with E-state index in [2.05, 4.69) is 22.8 Å². The second kappa shape index (κ2) is 4.08. The van der Waals surface area contributed by atoms with Gasteiger partial charge in [-0.1, -0.05) is 0 Å². The second-order valence-corrected chi connectivity index (χ2v) is 4.75. The number of fused-ring (bicyclic) bond motifs is 3. The predicted molar refractivity (Wildman–Crippen MR) is 67.4 cm³/mol. The Hall–Kier alpha value is -1.48. The number of rotatable bonds is 2. The molecule has 0 spiro atoms. The van der Waals surface area contributed by atoms with E-state index >= 15 is 0 Å². The zero-order valence-corrected chi connectivity index (χ0v) is 10.0. The fourth-order valence-corrected chi connectivity index (χ4v) is 2.73. The third kappa shape index (κ3) is 1.71. The van der Waals surface area contributed by atoms with E-state index in [1.165, 1.54) is 16.6 Å². The minimum Gasteiger partial charge on any atom is -0.497 e. The fraction of sp³-hybridized carbons (Fsp3) is 0.429. The molecule has 0 aliphatic carbocycles. The highest BCUT2D eigenvalue weighted by atomic mass is 16.5. The van der Waals surface area contributed by atoms with Crippen LogP contribution in [-0.2, 0) is 13.0 Å². The van der Waals surface area contributed by atoms with Crippen LogP contribution in [-0.4, -0.2) is 23.4 Å². The molecular formula is C14H17NO2. The fourth-order valence-electron chi connectivity index (χ4n) is 2.73. The molecule has 1 N–H and O–H groups in total. The third-order valence-electron chi connectivity index (χ3n) is 3.71. The number of hydrogen-bond acceptors (Lipinski definition) is 2. The lowest BCUT2D eigenvalue weighted by Crippen LogP contribution is -2.21. The number of benzene rings is 1. The van der Waals surface area contributed by atoms with E-state index < -0.39 is 0 Å². The first-order valence-corrected chi connectivity index (χ1v) is 6.09. The molecular weight excluding hydrogens is 214 g/mol. The maximum absolute atomic E-state index is 9.24. The summed E-state index contributed by atoms with van der Waals surface area (Å²) in [6.45, 7) is 1.31. The number of ether oxygens (including phenoxy) is 1. The molecule has 0 saturated heterocycles. The molecule has 90 valence electrons. The molecule has 2 aromatic rings. The minimum atomic E-state index is 0.296. The summed E-state index contributed by atoms with van der Waals surface area (Å²) in [6, 6.07) is 8.43. The van der Waals surface area contributed by atoms with Gasteiger partial charge in [0.1, 0.15) is 5.75 Å². The van der Waals surface area contributed by atoms with Crippen LogP contribution in [0.1, 0.15) is 12.1 Å². The van der Waals surface area contributed by atoms with E-state index in [4.69, 9.17) is 4.74 Å². The molecule has 3 nitrogen and oxygen atoms in total. The van der Waals surface area contributed by atoms with Crippen molar-refractivity contribution in [2.24, 2.45) is 5.92 Å². The Bertz CT molecular complexity index is 544. The zero-order chi connectivity index (χ0) is 11.8. The van der Waals surface area contributed by atoms with Gasteiger partial charge in [0.25, 0.3) is 0 Å². The van der Waals surface area contributed by atoms with Crippen molar-refractivity contribution < 1.29 is 9.84 Å². The summed E-state index contributed by atoms with van der Waals surface area (Å²) in [5, 5.41) is 10.5. The van der Waals surface area contributed by atoms with E-state index in [1.807, 2.05) is 6.07 Å². The summed E-state index contributed by atoms with van der Waals surface area (Å²) >= 11 is 0. The van der Waals surface area contributed by atoms with Gasteiger partial charge in [-0.25, -0.2) is 0 Å². The number of aliphatic hydroxyl groups is 1. The Labute approximate surface area is 101 Å². The predicted octanol–water partition coefficient (Wildman–Crippen LogP) is 2.20. The molecule has 2 heterocycles. The Morgan fingerprint density at radius 1 is 1.41 bits per heavy atom. The number of aromatic nitrogens is 1. The first-order chi connectivity index (χ1) is 8.31. The molecule has 1 aromatic heterocycles. The summed E-state index contributed by atoms with van der Waals surface area (Å²) in [5.41, 5.74) is 2.61. The molecule has 3 rings (SSSR count).